The molecule has 0 amide bonds. The molecular weight excluding hydrogens is 214 g/mol. The Bertz CT molecular complexity index is 481. The molecule has 78 valence electrons. The summed E-state index contributed by atoms with van der Waals surface area (Å²) in [5.74, 6) is 0.145. The summed E-state index contributed by atoms with van der Waals surface area (Å²) in [6, 6.07) is 5.13. The van der Waals surface area contributed by atoms with Crippen molar-refractivity contribution < 1.29 is 5.11 Å². The number of nitrogens with zero attached hydrogens (tertiary/aromatic N) is 2. The van der Waals surface area contributed by atoms with Gasteiger partial charge in [0.05, 0.1) is 11.2 Å². The third kappa shape index (κ3) is 1.95. The second kappa shape index (κ2) is 3.92. The molecule has 2 rings (SSSR count). The van der Waals surface area contributed by atoms with Crippen LogP contribution in [0.4, 0.5) is 0 Å². The fourth-order valence-corrected chi connectivity index (χ4v) is 1.45. The number of nitrogens with two attached hydrogens (primary N) is 1. The zero-order valence-corrected chi connectivity index (χ0v) is 8.65. The molecule has 5 heteroatoms. The summed E-state index contributed by atoms with van der Waals surface area (Å²) in [6.07, 6.45) is 3.13. The van der Waals surface area contributed by atoms with Gasteiger partial charge in [-0.15, -0.1) is 0 Å². The van der Waals surface area contributed by atoms with Gasteiger partial charge in [0, 0.05) is 12.7 Å². The van der Waals surface area contributed by atoms with Crippen LogP contribution in [-0.2, 0) is 6.54 Å². The van der Waals surface area contributed by atoms with E-state index in [1.807, 2.05) is 0 Å². The highest BCUT2D eigenvalue weighted by atomic mass is 35.5. The lowest BCUT2D eigenvalue weighted by molar-refractivity contribution is 0.470. The van der Waals surface area contributed by atoms with Crippen molar-refractivity contribution in [1.82, 2.24) is 9.78 Å². The lowest BCUT2D eigenvalue weighted by Gasteiger charge is -2.06. The zero-order valence-electron chi connectivity index (χ0n) is 7.89. The molecule has 4 nitrogen and oxygen atoms in total. The van der Waals surface area contributed by atoms with E-state index in [0.717, 1.165) is 5.56 Å². The Morgan fingerprint density at radius 1 is 1.47 bits per heavy atom. The molecule has 15 heavy (non-hydrogen) atoms. The van der Waals surface area contributed by atoms with Gasteiger partial charge in [-0.2, -0.15) is 5.10 Å². The van der Waals surface area contributed by atoms with Gasteiger partial charge in [-0.1, -0.05) is 17.7 Å². The predicted octanol–water partition coefficient (Wildman–Crippen LogP) is 1.69. The van der Waals surface area contributed by atoms with Gasteiger partial charge in [0.25, 0.3) is 0 Å². The molecule has 0 bridgehead atoms. The maximum Gasteiger partial charge on any atom is 0.141 e. The van der Waals surface area contributed by atoms with Crippen LogP contribution in [0.3, 0.4) is 0 Å². The van der Waals surface area contributed by atoms with Crippen molar-refractivity contribution in [3.8, 4) is 11.4 Å². The highest BCUT2D eigenvalue weighted by Gasteiger charge is 2.05. The van der Waals surface area contributed by atoms with Crippen LogP contribution in [0.5, 0.6) is 5.75 Å². The van der Waals surface area contributed by atoms with E-state index < -0.39 is 0 Å². The predicted molar refractivity (Wildman–Crippen MR) is 58.1 cm³/mol. The molecule has 0 atom stereocenters. The summed E-state index contributed by atoms with van der Waals surface area (Å²) in [5.41, 5.74) is 7.01. The lowest BCUT2D eigenvalue weighted by Crippen LogP contribution is -2.00. The van der Waals surface area contributed by atoms with Gasteiger partial charge in [-0.3, -0.25) is 0 Å². The summed E-state index contributed by atoms with van der Waals surface area (Å²) in [5, 5.41) is 14.2. The summed E-state index contributed by atoms with van der Waals surface area (Å²) in [6.45, 7) is 0.419. The third-order valence-electron chi connectivity index (χ3n) is 2.07. The van der Waals surface area contributed by atoms with E-state index >= 15 is 0 Å². The number of benzene rings is 1. The van der Waals surface area contributed by atoms with Crippen LogP contribution in [0.15, 0.2) is 30.6 Å². The van der Waals surface area contributed by atoms with Crippen molar-refractivity contribution in [2.75, 3.05) is 0 Å². The second-order valence-corrected chi connectivity index (χ2v) is 3.57. The first kappa shape index (κ1) is 10.0. The van der Waals surface area contributed by atoms with Crippen molar-refractivity contribution in [3.63, 3.8) is 0 Å². The molecule has 0 aliphatic heterocycles. The quantitative estimate of drug-likeness (QED) is 0.815. The number of phenols is 1. The van der Waals surface area contributed by atoms with E-state index in [4.69, 9.17) is 17.3 Å². The van der Waals surface area contributed by atoms with Crippen molar-refractivity contribution in [1.29, 1.82) is 0 Å². The largest absolute Gasteiger partial charge is 0.506 e. The van der Waals surface area contributed by atoms with Gasteiger partial charge in [0.2, 0.25) is 0 Å². The van der Waals surface area contributed by atoms with E-state index in [9.17, 15) is 5.11 Å². The summed E-state index contributed by atoms with van der Waals surface area (Å²) in [7, 11) is 0. The van der Waals surface area contributed by atoms with Crippen LogP contribution < -0.4 is 5.73 Å². The minimum absolute atomic E-state index is 0.145. The molecule has 0 aliphatic rings. The average molecular weight is 224 g/mol. The number of phenolic OH excluding ortho intramolecular Hbond substituents is 1. The standard InChI is InChI=1S/C10H10ClN3O/c11-8-5-13-14(6-8)9-3-7(4-12)1-2-10(9)15/h1-3,5-6,15H,4,12H2. The second-order valence-electron chi connectivity index (χ2n) is 3.13. The summed E-state index contributed by atoms with van der Waals surface area (Å²) < 4.78 is 1.51. The molecule has 0 spiro atoms. The average Bonchev–Trinajstić information content (AvgIpc) is 2.65. The van der Waals surface area contributed by atoms with Crippen LogP contribution in [0, 0.1) is 0 Å². The van der Waals surface area contributed by atoms with Crippen LogP contribution >= 0.6 is 11.6 Å². The van der Waals surface area contributed by atoms with Gasteiger partial charge in [-0.05, 0) is 17.7 Å². The lowest BCUT2D eigenvalue weighted by atomic mass is 10.2. The SMILES string of the molecule is NCc1ccc(O)c(-n2cc(Cl)cn2)c1. The molecule has 1 aromatic carbocycles. The zero-order chi connectivity index (χ0) is 10.8. The summed E-state index contributed by atoms with van der Waals surface area (Å²) in [4.78, 5) is 0. The molecule has 0 saturated heterocycles. The minimum Gasteiger partial charge on any atom is -0.506 e. The number of halogens is 1. The fraction of sp³-hybridized carbons (Fsp3) is 0.100. The number of hydrogen-bond acceptors (Lipinski definition) is 3. The van der Waals surface area contributed by atoms with E-state index in [1.54, 1.807) is 24.4 Å². The van der Waals surface area contributed by atoms with Crippen LogP contribution in [0.25, 0.3) is 5.69 Å². The Morgan fingerprint density at radius 2 is 2.27 bits per heavy atom. The van der Waals surface area contributed by atoms with Gasteiger partial charge < -0.3 is 10.8 Å². The summed E-state index contributed by atoms with van der Waals surface area (Å²) >= 11 is 5.75. The third-order valence-corrected chi connectivity index (χ3v) is 2.27. The first-order valence-electron chi connectivity index (χ1n) is 4.43. The number of aromatic nitrogens is 2. The Morgan fingerprint density at radius 3 is 2.87 bits per heavy atom. The Hall–Kier alpha value is -1.52. The van der Waals surface area contributed by atoms with E-state index in [-0.39, 0.29) is 5.75 Å². The fourth-order valence-electron chi connectivity index (χ4n) is 1.31. The van der Waals surface area contributed by atoms with Gasteiger partial charge in [0.15, 0.2) is 0 Å². The Kier molecular flexibility index (Phi) is 2.62. The molecular formula is C10H10ClN3O. The molecule has 0 radical (unpaired) electrons. The van der Waals surface area contributed by atoms with Crippen LogP contribution in [0.2, 0.25) is 5.02 Å². The monoisotopic (exact) mass is 223 g/mol. The van der Waals surface area contributed by atoms with Gasteiger partial charge in [0.1, 0.15) is 11.4 Å². The maximum absolute atomic E-state index is 9.65. The first-order valence-corrected chi connectivity index (χ1v) is 4.81. The number of aromatic hydroxyl groups is 1. The molecule has 0 saturated carbocycles. The van der Waals surface area contributed by atoms with Crippen LogP contribution in [-0.4, -0.2) is 14.9 Å². The highest BCUT2D eigenvalue weighted by Crippen LogP contribution is 2.23. The number of hydrogen-bond donors (Lipinski definition) is 2. The Balaban J connectivity index is 2.51. The Labute approximate surface area is 91.9 Å². The van der Waals surface area contributed by atoms with Crippen molar-refractivity contribution in [3.05, 3.63) is 41.2 Å². The molecule has 1 heterocycles. The van der Waals surface area contributed by atoms with Gasteiger partial charge in [-0.25, -0.2) is 4.68 Å². The molecule has 2 aromatic rings. The van der Waals surface area contributed by atoms with Crippen molar-refractivity contribution >= 4 is 11.6 Å². The normalized spacial score (nSPS) is 10.5. The molecule has 0 unspecified atom stereocenters. The first-order chi connectivity index (χ1) is 7.20. The molecule has 0 aliphatic carbocycles. The topological polar surface area (TPSA) is 64.1 Å². The highest BCUT2D eigenvalue weighted by molar-refractivity contribution is 6.30. The van der Waals surface area contributed by atoms with E-state index in [1.165, 1.54) is 10.9 Å². The molecule has 3 N–H and O–H groups in total. The molecule has 1 aromatic heterocycles. The van der Waals surface area contributed by atoms with Crippen molar-refractivity contribution in [2.45, 2.75) is 6.54 Å². The van der Waals surface area contributed by atoms with E-state index in [0.29, 0.717) is 17.3 Å². The van der Waals surface area contributed by atoms with Crippen LogP contribution in [0.1, 0.15) is 5.56 Å². The van der Waals surface area contributed by atoms with E-state index in [2.05, 4.69) is 5.10 Å². The smallest absolute Gasteiger partial charge is 0.141 e. The number of rotatable bonds is 2. The van der Waals surface area contributed by atoms with Gasteiger partial charge >= 0.3 is 0 Å². The van der Waals surface area contributed by atoms with Crippen molar-refractivity contribution in [2.24, 2.45) is 5.73 Å². The maximum atomic E-state index is 9.65. The molecule has 0 fully saturated rings. The minimum atomic E-state index is 0.145.